The zero-order valence-corrected chi connectivity index (χ0v) is 25.6. The molecule has 2 fully saturated rings. The van der Waals surface area contributed by atoms with Crippen LogP contribution in [0.1, 0.15) is 62.9 Å². The number of aliphatic hydroxyl groups is 2. The lowest BCUT2D eigenvalue weighted by Gasteiger charge is -2.27. The van der Waals surface area contributed by atoms with Crippen LogP contribution in [0.5, 0.6) is 11.5 Å². The zero-order valence-electron chi connectivity index (χ0n) is 25.6. The van der Waals surface area contributed by atoms with Crippen molar-refractivity contribution in [1.82, 2.24) is 0 Å². The van der Waals surface area contributed by atoms with E-state index in [1.54, 1.807) is 45.2 Å². The number of ether oxygens (including phenoxy) is 7. The minimum atomic E-state index is -1.29. The maximum Gasteiger partial charge on any atom is 0.340 e. The maximum absolute atomic E-state index is 12.3. The molecule has 2 aromatic rings. The summed E-state index contributed by atoms with van der Waals surface area (Å²) in [5.41, 5.74) is 1.11. The summed E-state index contributed by atoms with van der Waals surface area (Å²) in [4.78, 5) is 23.5. The number of methoxy groups -OCH3 is 2. The van der Waals surface area contributed by atoms with Gasteiger partial charge in [0.2, 0.25) is 0 Å². The van der Waals surface area contributed by atoms with Crippen LogP contribution in [0, 0.1) is 0 Å². The lowest BCUT2D eigenvalue weighted by Crippen LogP contribution is -2.29. The van der Waals surface area contributed by atoms with Gasteiger partial charge in [0.25, 0.3) is 0 Å². The number of rotatable bonds is 10. The molecule has 43 heavy (non-hydrogen) atoms. The van der Waals surface area contributed by atoms with Gasteiger partial charge in [-0.3, -0.25) is 0 Å². The van der Waals surface area contributed by atoms with E-state index in [-0.39, 0.29) is 24.8 Å². The van der Waals surface area contributed by atoms with Crippen LogP contribution in [0.25, 0.3) is 0 Å². The van der Waals surface area contributed by atoms with Crippen molar-refractivity contribution in [3.63, 3.8) is 0 Å². The Balaban J connectivity index is 0.000000254. The summed E-state index contributed by atoms with van der Waals surface area (Å²) in [5, 5.41) is 18.5. The van der Waals surface area contributed by atoms with Crippen LogP contribution in [0.15, 0.2) is 48.5 Å². The zero-order chi connectivity index (χ0) is 31.5. The first-order chi connectivity index (χ1) is 20.9. The Labute approximate surface area is 253 Å². The van der Waals surface area contributed by atoms with E-state index in [1.165, 1.54) is 7.11 Å². The SMILES string of the molecule is CCOC(=O)C(O)c1ccccc1OC.CCOC(=O)C(OC1CCOCC1)c1ccccc1OC.OC1CCOCC1. The molecule has 2 unspecified atom stereocenters. The fourth-order valence-corrected chi connectivity index (χ4v) is 4.29. The van der Waals surface area contributed by atoms with Gasteiger partial charge in [-0.25, -0.2) is 9.59 Å². The van der Waals surface area contributed by atoms with Crippen molar-refractivity contribution in [3.05, 3.63) is 59.7 Å². The van der Waals surface area contributed by atoms with E-state index in [0.717, 1.165) is 38.9 Å². The number of hydrogen-bond acceptors (Lipinski definition) is 11. The van der Waals surface area contributed by atoms with Crippen molar-refractivity contribution < 1.29 is 53.0 Å². The number of carbonyl (C=O) groups excluding carboxylic acids is 2. The highest BCUT2D eigenvalue weighted by Gasteiger charge is 2.30. The predicted octanol–water partition coefficient (Wildman–Crippen LogP) is 3.94. The Kier molecular flexibility index (Phi) is 17.3. The first-order valence-electron chi connectivity index (χ1n) is 14.6. The molecule has 2 atom stereocenters. The molecule has 2 aliphatic rings. The van der Waals surface area contributed by atoms with E-state index < -0.39 is 18.2 Å². The summed E-state index contributed by atoms with van der Waals surface area (Å²) in [6, 6.07) is 14.2. The van der Waals surface area contributed by atoms with Crippen molar-refractivity contribution in [2.45, 2.75) is 63.9 Å². The van der Waals surface area contributed by atoms with Crippen LogP contribution in [0.3, 0.4) is 0 Å². The van der Waals surface area contributed by atoms with Crippen molar-refractivity contribution in [3.8, 4) is 11.5 Å². The number of benzene rings is 2. The standard InChI is InChI=1S/C16H22O5.C11H14O4.C5H10O2/c1-3-20-16(17)15(21-12-8-10-19-11-9-12)13-6-4-5-7-14(13)18-2;1-3-15-11(13)10(12)8-6-4-5-7-9(8)14-2;6-5-1-3-7-4-2-5/h4-7,12,15H,3,8-11H2,1-2H3;4-7,10,12H,3H2,1-2H3;5-6H,1-4H2. The van der Waals surface area contributed by atoms with Gasteiger partial charge in [0.05, 0.1) is 39.6 Å². The number of hydrogen-bond donors (Lipinski definition) is 2. The fourth-order valence-electron chi connectivity index (χ4n) is 4.29. The van der Waals surface area contributed by atoms with Gasteiger partial charge in [-0.05, 0) is 51.7 Å². The topological polar surface area (TPSA) is 139 Å². The summed E-state index contributed by atoms with van der Waals surface area (Å²) in [6.07, 6.45) is 1.06. The van der Waals surface area contributed by atoms with Crippen molar-refractivity contribution in [1.29, 1.82) is 0 Å². The molecule has 2 N–H and O–H groups in total. The van der Waals surface area contributed by atoms with Crippen LogP contribution in [-0.2, 0) is 33.3 Å². The lowest BCUT2D eigenvalue weighted by molar-refractivity contribution is -0.165. The average molecular weight is 607 g/mol. The molecular formula is C32H46O11. The molecule has 0 aliphatic carbocycles. The molecular weight excluding hydrogens is 560 g/mol. The van der Waals surface area contributed by atoms with Gasteiger partial charge < -0.3 is 43.4 Å². The van der Waals surface area contributed by atoms with Gasteiger partial charge >= 0.3 is 11.9 Å². The first kappa shape index (κ1) is 36.0. The van der Waals surface area contributed by atoms with Gasteiger partial charge in [-0.2, -0.15) is 0 Å². The van der Waals surface area contributed by atoms with E-state index >= 15 is 0 Å². The molecule has 240 valence electrons. The van der Waals surface area contributed by atoms with E-state index in [0.29, 0.717) is 42.4 Å². The molecule has 0 bridgehead atoms. The molecule has 0 spiro atoms. The smallest absolute Gasteiger partial charge is 0.340 e. The number of para-hydroxylation sites is 2. The van der Waals surface area contributed by atoms with E-state index in [9.17, 15) is 14.7 Å². The highest BCUT2D eigenvalue weighted by Crippen LogP contribution is 2.31. The van der Waals surface area contributed by atoms with Crippen LogP contribution in [-0.4, -0.2) is 88.2 Å². The minimum Gasteiger partial charge on any atom is -0.496 e. The average Bonchev–Trinajstić information content (AvgIpc) is 3.05. The molecule has 0 amide bonds. The van der Waals surface area contributed by atoms with Crippen LogP contribution in [0.4, 0.5) is 0 Å². The lowest BCUT2D eigenvalue weighted by atomic mass is 10.1. The largest absolute Gasteiger partial charge is 0.496 e. The predicted molar refractivity (Wildman–Crippen MR) is 158 cm³/mol. The van der Waals surface area contributed by atoms with Gasteiger partial charge in [0, 0.05) is 37.6 Å². The third-order valence-corrected chi connectivity index (χ3v) is 6.55. The number of carbonyl (C=O) groups is 2. The monoisotopic (exact) mass is 606 g/mol. The summed E-state index contributed by atoms with van der Waals surface area (Å²) >= 11 is 0. The second-order valence-corrected chi connectivity index (χ2v) is 9.56. The Morgan fingerprint density at radius 3 is 1.72 bits per heavy atom. The summed E-state index contributed by atoms with van der Waals surface area (Å²) < 4.78 is 36.5. The number of aliphatic hydroxyl groups excluding tert-OH is 2. The second-order valence-electron chi connectivity index (χ2n) is 9.56. The van der Waals surface area contributed by atoms with Crippen LogP contribution in [0.2, 0.25) is 0 Å². The third kappa shape index (κ3) is 12.5. The van der Waals surface area contributed by atoms with Crippen molar-refractivity contribution in [2.75, 3.05) is 53.9 Å². The number of esters is 2. The molecule has 2 aromatic carbocycles. The summed E-state index contributed by atoms with van der Waals surface area (Å²) in [7, 11) is 3.06. The minimum absolute atomic E-state index is 0.00179. The Hall–Kier alpha value is -3.22. The molecule has 11 heteroatoms. The van der Waals surface area contributed by atoms with Crippen molar-refractivity contribution >= 4 is 11.9 Å². The highest BCUT2D eigenvalue weighted by molar-refractivity contribution is 5.78. The van der Waals surface area contributed by atoms with Crippen LogP contribution >= 0.6 is 0 Å². The van der Waals surface area contributed by atoms with E-state index in [4.69, 9.17) is 38.3 Å². The molecule has 0 radical (unpaired) electrons. The van der Waals surface area contributed by atoms with E-state index in [2.05, 4.69) is 0 Å². The summed E-state index contributed by atoms with van der Waals surface area (Å²) in [6.45, 7) is 6.83. The van der Waals surface area contributed by atoms with Gasteiger partial charge in [0.15, 0.2) is 12.2 Å². The molecule has 2 heterocycles. The quantitative estimate of drug-likeness (QED) is 0.380. The normalized spacial score (nSPS) is 16.7. The molecule has 4 rings (SSSR count). The van der Waals surface area contributed by atoms with Gasteiger partial charge in [-0.15, -0.1) is 0 Å². The highest BCUT2D eigenvalue weighted by atomic mass is 16.6. The third-order valence-electron chi connectivity index (χ3n) is 6.55. The molecule has 11 nitrogen and oxygen atoms in total. The Bertz CT molecular complexity index is 1060. The fraction of sp³-hybridized carbons (Fsp3) is 0.562. The second kappa shape index (κ2) is 20.6. The van der Waals surface area contributed by atoms with Gasteiger partial charge in [0.1, 0.15) is 11.5 Å². The van der Waals surface area contributed by atoms with Crippen molar-refractivity contribution in [2.24, 2.45) is 0 Å². The molecule has 0 saturated carbocycles. The van der Waals surface area contributed by atoms with Crippen LogP contribution < -0.4 is 9.47 Å². The van der Waals surface area contributed by atoms with Gasteiger partial charge in [-0.1, -0.05) is 36.4 Å². The Morgan fingerprint density at radius 2 is 1.23 bits per heavy atom. The molecule has 2 saturated heterocycles. The van der Waals surface area contributed by atoms with E-state index in [1.807, 2.05) is 24.3 Å². The molecule has 2 aliphatic heterocycles. The summed E-state index contributed by atoms with van der Waals surface area (Å²) in [5.74, 6) is 0.0520. The maximum atomic E-state index is 12.3. The molecule has 0 aromatic heterocycles. The Morgan fingerprint density at radius 1 is 0.767 bits per heavy atom. The first-order valence-corrected chi connectivity index (χ1v) is 14.6.